The van der Waals surface area contributed by atoms with Crippen LogP contribution in [-0.4, -0.2) is 93.2 Å². The Kier molecular flexibility index (Phi) is 7.28. The SMILES string of the molecule is CCOc1nc(N)c2nc(/C(C)=C/N=CCF)n(Cc3ccc(CN4CC5CC4CN5C4COC4)cc3)c2n1. The molecule has 0 spiro atoms. The summed E-state index contributed by atoms with van der Waals surface area (Å²) in [5, 5.41) is 0. The minimum Gasteiger partial charge on any atom is -0.464 e. The minimum atomic E-state index is -0.630. The Morgan fingerprint density at radius 1 is 1.10 bits per heavy atom. The number of ether oxygens (including phenoxy) is 2. The number of allylic oxidation sites excluding steroid dienone is 1. The largest absolute Gasteiger partial charge is 0.464 e. The van der Waals surface area contributed by atoms with Crippen molar-refractivity contribution in [3.63, 3.8) is 0 Å². The second-order valence-electron chi connectivity index (χ2n) is 10.5. The first-order chi connectivity index (χ1) is 19.0. The molecule has 0 aliphatic carbocycles. The molecule has 2 aromatic heterocycles. The van der Waals surface area contributed by atoms with Crippen molar-refractivity contribution in [2.24, 2.45) is 4.99 Å². The number of nitrogens with two attached hydrogens (primary N) is 1. The molecule has 3 aliphatic rings. The Bertz CT molecular complexity index is 1380. The number of rotatable bonds is 10. The van der Waals surface area contributed by atoms with Gasteiger partial charge in [-0.1, -0.05) is 24.3 Å². The zero-order valence-electron chi connectivity index (χ0n) is 22.5. The highest BCUT2D eigenvalue weighted by atomic mass is 19.1. The van der Waals surface area contributed by atoms with E-state index in [0.717, 1.165) is 44.0 Å². The van der Waals surface area contributed by atoms with Crippen molar-refractivity contribution >= 4 is 28.8 Å². The molecule has 0 saturated carbocycles. The van der Waals surface area contributed by atoms with Gasteiger partial charge < -0.3 is 19.8 Å². The maximum atomic E-state index is 12.6. The molecule has 1 aromatic carbocycles. The topological polar surface area (TPSA) is 107 Å². The van der Waals surface area contributed by atoms with Crippen LogP contribution in [0.4, 0.5) is 10.2 Å². The Morgan fingerprint density at radius 2 is 1.87 bits per heavy atom. The Morgan fingerprint density at radius 3 is 2.51 bits per heavy atom. The van der Waals surface area contributed by atoms with Gasteiger partial charge in [0, 0.05) is 49.7 Å². The lowest BCUT2D eigenvalue weighted by Crippen LogP contribution is -2.56. The predicted octanol–water partition coefficient (Wildman–Crippen LogP) is 2.91. The van der Waals surface area contributed by atoms with Crippen molar-refractivity contribution < 1.29 is 13.9 Å². The number of piperazine rings is 1. The molecule has 2 atom stereocenters. The Hall–Kier alpha value is -3.41. The molecule has 3 saturated heterocycles. The molecule has 5 heterocycles. The summed E-state index contributed by atoms with van der Waals surface area (Å²) >= 11 is 0. The van der Waals surface area contributed by atoms with Crippen molar-refractivity contribution in [3.8, 4) is 6.01 Å². The van der Waals surface area contributed by atoms with Gasteiger partial charge in [-0.25, -0.2) is 9.37 Å². The van der Waals surface area contributed by atoms with Gasteiger partial charge in [0.15, 0.2) is 17.0 Å². The van der Waals surface area contributed by atoms with E-state index in [1.807, 2.05) is 18.4 Å². The fourth-order valence-electron chi connectivity index (χ4n) is 5.91. The van der Waals surface area contributed by atoms with E-state index in [-0.39, 0.29) is 11.8 Å². The number of aromatic nitrogens is 4. The molecule has 10 nitrogen and oxygen atoms in total. The van der Waals surface area contributed by atoms with Crippen LogP contribution in [0.15, 0.2) is 35.5 Å². The van der Waals surface area contributed by atoms with E-state index in [1.54, 1.807) is 6.20 Å². The molecule has 39 heavy (non-hydrogen) atoms. The quantitative estimate of drug-likeness (QED) is 0.396. The number of imidazole rings is 1. The number of hydrogen-bond acceptors (Lipinski definition) is 9. The first-order valence-corrected chi connectivity index (χ1v) is 13.6. The van der Waals surface area contributed by atoms with Crippen molar-refractivity contribution in [2.45, 2.75) is 51.5 Å². The van der Waals surface area contributed by atoms with E-state index in [1.165, 1.54) is 18.2 Å². The molecule has 6 rings (SSSR count). The summed E-state index contributed by atoms with van der Waals surface area (Å²) in [5.41, 5.74) is 10.5. The van der Waals surface area contributed by atoms with Crippen LogP contribution in [-0.2, 0) is 17.8 Å². The first-order valence-electron chi connectivity index (χ1n) is 13.6. The van der Waals surface area contributed by atoms with Gasteiger partial charge in [0.1, 0.15) is 12.5 Å². The molecule has 0 radical (unpaired) electrons. The van der Waals surface area contributed by atoms with Crippen LogP contribution in [0.3, 0.4) is 0 Å². The normalized spacial score (nSPS) is 22.4. The second-order valence-corrected chi connectivity index (χ2v) is 10.5. The average molecular weight is 535 g/mol. The van der Waals surface area contributed by atoms with Gasteiger partial charge in [0.25, 0.3) is 0 Å². The summed E-state index contributed by atoms with van der Waals surface area (Å²) < 4.78 is 25.5. The van der Waals surface area contributed by atoms with Gasteiger partial charge in [-0.2, -0.15) is 9.97 Å². The maximum absolute atomic E-state index is 12.6. The number of aliphatic imine (C=N–C) groups is 1. The van der Waals surface area contributed by atoms with Crippen molar-refractivity contribution in [1.29, 1.82) is 0 Å². The first kappa shape index (κ1) is 25.8. The third-order valence-corrected chi connectivity index (χ3v) is 7.91. The van der Waals surface area contributed by atoms with Crippen LogP contribution >= 0.6 is 0 Å². The van der Waals surface area contributed by atoms with Gasteiger partial charge >= 0.3 is 6.01 Å². The maximum Gasteiger partial charge on any atom is 0.320 e. The lowest BCUT2D eigenvalue weighted by Gasteiger charge is -2.42. The number of halogens is 1. The smallest absolute Gasteiger partial charge is 0.320 e. The molecule has 3 fully saturated rings. The number of hydrogen-bond donors (Lipinski definition) is 1. The highest BCUT2D eigenvalue weighted by molar-refractivity contribution is 5.85. The van der Waals surface area contributed by atoms with Gasteiger partial charge in [0.2, 0.25) is 0 Å². The second kappa shape index (κ2) is 11.0. The predicted molar refractivity (Wildman–Crippen MR) is 148 cm³/mol. The standard InChI is InChI=1S/C28H35FN8O2/c1-3-39-28-33-25(30)24-27(34-28)37(26(32-24)18(2)11-31-9-8-29)13-20-6-4-19(5-7-20)12-35-14-22-10-21(35)15-36(22)23-16-38-17-23/h4-7,9,11,21-23H,3,8,10,12-17H2,1-2H3,(H2,30,33,34)/b18-11+,31-9?. The summed E-state index contributed by atoms with van der Waals surface area (Å²) in [4.78, 5) is 22.9. The molecule has 2 N–H and O–H groups in total. The fourth-order valence-corrected chi connectivity index (χ4v) is 5.91. The molecule has 0 amide bonds. The van der Waals surface area contributed by atoms with Gasteiger partial charge in [-0.05, 0) is 31.4 Å². The number of likely N-dealkylation sites (tertiary alicyclic amines) is 2. The molecule has 3 aliphatic heterocycles. The highest BCUT2D eigenvalue weighted by Gasteiger charge is 2.46. The number of benzene rings is 1. The summed E-state index contributed by atoms with van der Waals surface area (Å²) in [6, 6.07) is 10.9. The van der Waals surface area contributed by atoms with E-state index >= 15 is 0 Å². The van der Waals surface area contributed by atoms with E-state index in [4.69, 9.17) is 20.2 Å². The van der Waals surface area contributed by atoms with Crippen LogP contribution in [0.5, 0.6) is 6.01 Å². The summed E-state index contributed by atoms with van der Waals surface area (Å²) in [6.45, 7) is 9.12. The highest BCUT2D eigenvalue weighted by Crippen LogP contribution is 2.35. The molecule has 206 valence electrons. The van der Waals surface area contributed by atoms with Crippen LogP contribution < -0.4 is 10.5 Å². The van der Waals surface area contributed by atoms with Crippen LogP contribution in [0.1, 0.15) is 37.2 Å². The Labute approximate surface area is 227 Å². The minimum absolute atomic E-state index is 0.214. The van der Waals surface area contributed by atoms with Crippen molar-refractivity contribution in [1.82, 2.24) is 29.3 Å². The zero-order chi connectivity index (χ0) is 26.9. The lowest BCUT2D eigenvalue weighted by atomic mass is 10.1. The van der Waals surface area contributed by atoms with Gasteiger partial charge in [-0.15, -0.1) is 0 Å². The molecule has 2 bridgehead atoms. The lowest BCUT2D eigenvalue weighted by molar-refractivity contribution is -0.0804. The molecule has 3 aromatic rings. The molecular formula is C28H35FN8O2. The van der Waals surface area contributed by atoms with E-state index in [2.05, 4.69) is 49.0 Å². The Balaban J connectivity index is 1.22. The van der Waals surface area contributed by atoms with E-state index in [0.29, 0.717) is 48.3 Å². The summed E-state index contributed by atoms with van der Waals surface area (Å²) in [5.74, 6) is 0.899. The molecular weight excluding hydrogens is 499 g/mol. The zero-order valence-corrected chi connectivity index (χ0v) is 22.5. The number of nitrogen functional groups attached to an aromatic ring is 1. The monoisotopic (exact) mass is 534 g/mol. The van der Waals surface area contributed by atoms with Gasteiger partial charge in [0.05, 0.1) is 32.4 Å². The van der Waals surface area contributed by atoms with Crippen molar-refractivity contribution in [2.75, 3.05) is 45.3 Å². The number of nitrogens with zero attached hydrogens (tertiary/aromatic N) is 7. The molecule has 11 heteroatoms. The molecule has 2 unspecified atom stereocenters. The average Bonchev–Trinajstić information content (AvgIpc) is 3.58. The van der Waals surface area contributed by atoms with Gasteiger partial charge in [-0.3, -0.25) is 14.8 Å². The summed E-state index contributed by atoms with van der Waals surface area (Å²) in [7, 11) is 0. The van der Waals surface area contributed by atoms with Crippen molar-refractivity contribution in [3.05, 3.63) is 47.4 Å². The van der Waals surface area contributed by atoms with E-state index in [9.17, 15) is 4.39 Å². The van der Waals surface area contributed by atoms with Crippen LogP contribution in [0.2, 0.25) is 0 Å². The number of anilines is 1. The summed E-state index contributed by atoms with van der Waals surface area (Å²) in [6.07, 6.45) is 4.07. The third-order valence-electron chi connectivity index (χ3n) is 7.91. The number of alkyl halides is 1. The third kappa shape index (κ3) is 5.13. The van der Waals surface area contributed by atoms with E-state index < -0.39 is 6.67 Å². The van der Waals surface area contributed by atoms with Crippen LogP contribution in [0, 0.1) is 0 Å². The number of fused-ring (bicyclic) bond motifs is 3. The fraction of sp³-hybridized carbons (Fsp3) is 0.500. The van der Waals surface area contributed by atoms with Crippen LogP contribution in [0.25, 0.3) is 16.7 Å².